The number of anilines is 1. The van der Waals surface area contributed by atoms with Gasteiger partial charge in [-0.25, -0.2) is 4.79 Å². The standard InChI is InChI=1S/C15H22N2O2/c1-12(2)19-14-8-6-13(7-9-14)16-15(18)17-10-4-3-5-11-17/h6-9,12H,3-5,10-11H2,1-2H3,(H,16,18). The van der Waals surface area contributed by atoms with Gasteiger partial charge in [0.25, 0.3) is 0 Å². The molecule has 1 aromatic rings. The maximum Gasteiger partial charge on any atom is 0.321 e. The SMILES string of the molecule is CC(C)Oc1ccc(NC(=O)N2CCCCC2)cc1. The van der Waals surface area contributed by atoms with Crippen molar-refractivity contribution >= 4 is 11.7 Å². The summed E-state index contributed by atoms with van der Waals surface area (Å²) in [5.41, 5.74) is 0.812. The van der Waals surface area contributed by atoms with Crippen molar-refractivity contribution in [2.75, 3.05) is 18.4 Å². The number of hydrogen-bond donors (Lipinski definition) is 1. The van der Waals surface area contributed by atoms with E-state index in [1.54, 1.807) is 0 Å². The largest absolute Gasteiger partial charge is 0.491 e. The third-order valence-electron chi connectivity index (χ3n) is 3.12. The van der Waals surface area contributed by atoms with Crippen LogP contribution in [0, 0.1) is 0 Å². The Balaban J connectivity index is 1.89. The predicted molar refractivity (Wildman–Crippen MR) is 76.6 cm³/mol. The van der Waals surface area contributed by atoms with E-state index in [0.29, 0.717) is 0 Å². The van der Waals surface area contributed by atoms with E-state index in [2.05, 4.69) is 5.32 Å². The third kappa shape index (κ3) is 4.16. The zero-order chi connectivity index (χ0) is 13.7. The lowest BCUT2D eigenvalue weighted by Gasteiger charge is -2.26. The number of carbonyl (C=O) groups is 1. The fourth-order valence-corrected chi connectivity index (χ4v) is 2.19. The van der Waals surface area contributed by atoms with E-state index >= 15 is 0 Å². The van der Waals surface area contributed by atoms with Gasteiger partial charge in [0.05, 0.1) is 6.10 Å². The van der Waals surface area contributed by atoms with Crippen molar-refractivity contribution in [3.63, 3.8) is 0 Å². The van der Waals surface area contributed by atoms with Gasteiger partial charge in [-0.1, -0.05) is 0 Å². The number of benzene rings is 1. The lowest BCUT2D eigenvalue weighted by atomic mass is 10.1. The van der Waals surface area contributed by atoms with Crippen molar-refractivity contribution in [1.82, 2.24) is 4.90 Å². The van der Waals surface area contributed by atoms with Crippen LogP contribution >= 0.6 is 0 Å². The van der Waals surface area contributed by atoms with E-state index in [4.69, 9.17) is 4.74 Å². The van der Waals surface area contributed by atoms with Gasteiger partial charge in [-0.3, -0.25) is 0 Å². The van der Waals surface area contributed by atoms with E-state index in [1.165, 1.54) is 6.42 Å². The number of likely N-dealkylation sites (tertiary alicyclic amines) is 1. The molecule has 1 fully saturated rings. The molecule has 1 aliphatic heterocycles. The number of piperidine rings is 1. The van der Waals surface area contributed by atoms with Crippen LogP contribution < -0.4 is 10.1 Å². The van der Waals surface area contributed by atoms with Crippen LogP contribution in [0.4, 0.5) is 10.5 Å². The van der Waals surface area contributed by atoms with Crippen LogP contribution in [0.2, 0.25) is 0 Å². The van der Waals surface area contributed by atoms with Crippen molar-refractivity contribution in [3.8, 4) is 5.75 Å². The van der Waals surface area contributed by atoms with Crippen LogP contribution in [0.5, 0.6) is 5.75 Å². The molecule has 0 saturated carbocycles. The van der Waals surface area contributed by atoms with Gasteiger partial charge in [-0.05, 0) is 57.4 Å². The number of ether oxygens (including phenoxy) is 1. The van der Waals surface area contributed by atoms with Gasteiger partial charge in [0.1, 0.15) is 5.75 Å². The molecule has 4 nitrogen and oxygen atoms in total. The number of carbonyl (C=O) groups excluding carboxylic acids is 1. The molecule has 2 rings (SSSR count). The number of nitrogens with one attached hydrogen (secondary N) is 1. The van der Waals surface area contributed by atoms with Crippen LogP contribution in [-0.2, 0) is 0 Å². The van der Waals surface area contributed by atoms with Gasteiger partial charge in [0, 0.05) is 18.8 Å². The monoisotopic (exact) mass is 262 g/mol. The molecule has 0 unspecified atom stereocenters. The number of rotatable bonds is 3. The molecule has 1 aromatic carbocycles. The minimum atomic E-state index is -0.00257. The summed E-state index contributed by atoms with van der Waals surface area (Å²) in [4.78, 5) is 13.9. The fraction of sp³-hybridized carbons (Fsp3) is 0.533. The molecule has 2 amide bonds. The Labute approximate surface area is 114 Å². The second-order valence-corrected chi connectivity index (χ2v) is 5.17. The topological polar surface area (TPSA) is 41.6 Å². The Morgan fingerprint density at radius 2 is 1.79 bits per heavy atom. The number of hydrogen-bond acceptors (Lipinski definition) is 2. The quantitative estimate of drug-likeness (QED) is 0.906. The fourth-order valence-electron chi connectivity index (χ4n) is 2.19. The highest BCUT2D eigenvalue weighted by atomic mass is 16.5. The van der Waals surface area contributed by atoms with E-state index in [1.807, 2.05) is 43.0 Å². The van der Waals surface area contributed by atoms with E-state index in [0.717, 1.165) is 37.4 Å². The minimum absolute atomic E-state index is 0.00257. The lowest BCUT2D eigenvalue weighted by molar-refractivity contribution is 0.200. The summed E-state index contributed by atoms with van der Waals surface area (Å²) in [6.45, 7) is 5.71. The predicted octanol–water partition coefficient (Wildman–Crippen LogP) is 3.49. The van der Waals surface area contributed by atoms with Crippen molar-refractivity contribution in [3.05, 3.63) is 24.3 Å². The maximum atomic E-state index is 12.0. The molecule has 104 valence electrons. The van der Waals surface area contributed by atoms with Crippen molar-refractivity contribution in [1.29, 1.82) is 0 Å². The van der Waals surface area contributed by atoms with Crippen LogP contribution in [0.15, 0.2) is 24.3 Å². The molecule has 1 N–H and O–H groups in total. The maximum absolute atomic E-state index is 12.0. The van der Waals surface area contributed by atoms with Crippen LogP contribution in [0.1, 0.15) is 33.1 Å². The molecule has 1 aliphatic rings. The molecule has 0 aromatic heterocycles. The normalized spacial score (nSPS) is 15.4. The van der Waals surface area contributed by atoms with E-state index in [-0.39, 0.29) is 12.1 Å². The summed E-state index contributed by atoms with van der Waals surface area (Å²) >= 11 is 0. The first kappa shape index (κ1) is 13.7. The molecule has 1 heterocycles. The summed E-state index contributed by atoms with van der Waals surface area (Å²) in [5.74, 6) is 0.825. The van der Waals surface area contributed by atoms with Crippen LogP contribution in [0.3, 0.4) is 0 Å². The molecule has 0 atom stereocenters. The summed E-state index contributed by atoms with van der Waals surface area (Å²) in [7, 11) is 0. The molecule has 0 aliphatic carbocycles. The average Bonchev–Trinajstić information content (AvgIpc) is 2.41. The molecule has 1 saturated heterocycles. The zero-order valence-electron chi connectivity index (χ0n) is 11.7. The van der Waals surface area contributed by atoms with Gasteiger partial charge in [0.2, 0.25) is 0 Å². The Hall–Kier alpha value is -1.71. The Kier molecular flexibility index (Phi) is 4.66. The number of urea groups is 1. The molecule has 0 radical (unpaired) electrons. The minimum Gasteiger partial charge on any atom is -0.491 e. The molecule has 4 heteroatoms. The molecular weight excluding hydrogens is 240 g/mol. The Morgan fingerprint density at radius 3 is 2.37 bits per heavy atom. The molecule has 0 spiro atoms. The summed E-state index contributed by atoms with van der Waals surface area (Å²) in [5, 5.41) is 2.92. The smallest absolute Gasteiger partial charge is 0.321 e. The van der Waals surface area contributed by atoms with Crippen molar-refractivity contribution in [2.24, 2.45) is 0 Å². The number of nitrogens with zero attached hydrogens (tertiary/aromatic N) is 1. The molecular formula is C15H22N2O2. The Bertz CT molecular complexity index is 409. The van der Waals surface area contributed by atoms with Crippen LogP contribution in [-0.4, -0.2) is 30.1 Å². The average molecular weight is 262 g/mol. The second-order valence-electron chi connectivity index (χ2n) is 5.17. The highest BCUT2D eigenvalue weighted by molar-refractivity contribution is 5.89. The summed E-state index contributed by atoms with van der Waals surface area (Å²) in [6, 6.07) is 7.51. The first-order chi connectivity index (χ1) is 9.15. The van der Waals surface area contributed by atoms with Crippen molar-refractivity contribution < 1.29 is 9.53 Å². The molecule has 19 heavy (non-hydrogen) atoms. The number of amides is 2. The molecule has 0 bridgehead atoms. The highest BCUT2D eigenvalue weighted by Gasteiger charge is 2.16. The van der Waals surface area contributed by atoms with Gasteiger partial charge < -0.3 is 15.0 Å². The zero-order valence-corrected chi connectivity index (χ0v) is 11.7. The Morgan fingerprint density at radius 1 is 1.16 bits per heavy atom. The summed E-state index contributed by atoms with van der Waals surface area (Å²) < 4.78 is 5.57. The summed E-state index contributed by atoms with van der Waals surface area (Å²) in [6.07, 6.45) is 3.60. The van der Waals surface area contributed by atoms with Gasteiger partial charge in [0.15, 0.2) is 0 Å². The first-order valence-corrected chi connectivity index (χ1v) is 6.98. The van der Waals surface area contributed by atoms with Gasteiger partial charge >= 0.3 is 6.03 Å². The second kappa shape index (κ2) is 6.45. The van der Waals surface area contributed by atoms with E-state index in [9.17, 15) is 4.79 Å². The van der Waals surface area contributed by atoms with E-state index < -0.39 is 0 Å². The van der Waals surface area contributed by atoms with Crippen molar-refractivity contribution in [2.45, 2.75) is 39.2 Å². The first-order valence-electron chi connectivity index (χ1n) is 6.98. The van der Waals surface area contributed by atoms with Crippen LogP contribution in [0.25, 0.3) is 0 Å². The van der Waals surface area contributed by atoms with Gasteiger partial charge in [-0.2, -0.15) is 0 Å². The lowest BCUT2D eigenvalue weighted by Crippen LogP contribution is -2.38. The third-order valence-corrected chi connectivity index (χ3v) is 3.12. The van der Waals surface area contributed by atoms with Gasteiger partial charge in [-0.15, -0.1) is 0 Å². The highest BCUT2D eigenvalue weighted by Crippen LogP contribution is 2.18.